The average molecular weight is 324 g/mol. The van der Waals surface area contributed by atoms with Crippen molar-refractivity contribution in [1.82, 2.24) is 5.32 Å². The number of hydrogen-bond acceptors (Lipinski definition) is 6. The maximum atomic E-state index is 11.1. The summed E-state index contributed by atoms with van der Waals surface area (Å²) in [5.74, 6) is 0.330. The Hall–Kier alpha value is -1.20. The molecule has 1 amide bonds. The Labute approximate surface area is 131 Å². The maximum absolute atomic E-state index is 11.1. The van der Waals surface area contributed by atoms with Gasteiger partial charge in [-0.05, 0) is 24.3 Å². The third-order valence-corrected chi connectivity index (χ3v) is 6.02. The molecule has 1 aromatic carbocycles. The van der Waals surface area contributed by atoms with Crippen LogP contribution < -0.4 is 5.32 Å². The van der Waals surface area contributed by atoms with Crippen LogP contribution in [0.5, 0.6) is 0 Å². The van der Waals surface area contributed by atoms with Crippen molar-refractivity contribution >= 4 is 29.4 Å². The van der Waals surface area contributed by atoms with Gasteiger partial charge in [0.25, 0.3) is 0 Å². The summed E-state index contributed by atoms with van der Waals surface area (Å²) in [4.78, 5) is 12.0. The minimum Gasteiger partial charge on any atom is -0.388 e. The van der Waals surface area contributed by atoms with Crippen LogP contribution in [0, 0.1) is 11.3 Å². The van der Waals surface area contributed by atoms with Crippen LogP contribution >= 0.6 is 23.5 Å². The number of carbonyl (C=O) groups is 1. The molecule has 5 nitrogen and oxygen atoms in total. The van der Waals surface area contributed by atoms with Crippen molar-refractivity contribution in [3.05, 3.63) is 29.8 Å². The Morgan fingerprint density at radius 2 is 2.05 bits per heavy atom. The van der Waals surface area contributed by atoms with Gasteiger partial charge < -0.3 is 15.5 Å². The van der Waals surface area contributed by atoms with E-state index in [1.165, 1.54) is 30.4 Å². The van der Waals surface area contributed by atoms with Crippen LogP contribution in [0.15, 0.2) is 29.2 Å². The van der Waals surface area contributed by atoms with Crippen LogP contribution in [-0.2, 0) is 4.79 Å². The largest absolute Gasteiger partial charge is 0.388 e. The van der Waals surface area contributed by atoms with Gasteiger partial charge in [-0.2, -0.15) is 5.26 Å². The molecule has 0 bridgehead atoms. The predicted molar refractivity (Wildman–Crippen MR) is 82.9 cm³/mol. The first-order chi connectivity index (χ1) is 10.0. The highest BCUT2D eigenvalue weighted by atomic mass is 32.2. The van der Waals surface area contributed by atoms with Gasteiger partial charge in [0.1, 0.15) is 12.2 Å². The molecule has 0 unspecified atom stereocenters. The van der Waals surface area contributed by atoms with E-state index in [-0.39, 0.29) is 10.5 Å². The van der Waals surface area contributed by atoms with E-state index in [4.69, 9.17) is 5.26 Å². The zero-order valence-electron chi connectivity index (χ0n) is 11.4. The van der Waals surface area contributed by atoms with Gasteiger partial charge in [0, 0.05) is 17.6 Å². The van der Waals surface area contributed by atoms with Crippen LogP contribution in [0.1, 0.15) is 12.5 Å². The Balaban J connectivity index is 1.99. The van der Waals surface area contributed by atoms with Gasteiger partial charge in [0.05, 0.1) is 22.3 Å². The number of nitrogens with one attached hydrogen (secondary N) is 1. The molecule has 1 aromatic rings. The molecule has 1 heterocycles. The van der Waals surface area contributed by atoms with Crippen molar-refractivity contribution in [3.63, 3.8) is 0 Å². The van der Waals surface area contributed by atoms with Gasteiger partial charge in [-0.25, -0.2) is 0 Å². The molecule has 2 rings (SSSR count). The van der Waals surface area contributed by atoms with Crippen LogP contribution in [-0.4, -0.2) is 44.7 Å². The third kappa shape index (κ3) is 4.14. The SMILES string of the molecule is CC(=O)N[C@H]1CS[C@@H](Sc2ccc(C#N)cc2)[C@H](O)[C@H]1O. The van der Waals surface area contributed by atoms with E-state index in [0.29, 0.717) is 11.3 Å². The van der Waals surface area contributed by atoms with Crippen LogP contribution in [0.4, 0.5) is 0 Å². The number of benzene rings is 1. The predicted octanol–water partition coefficient (Wildman–Crippen LogP) is 0.950. The van der Waals surface area contributed by atoms with Crippen molar-refractivity contribution < 1.29 is 15.0 Å². The molecule has 21 heavy (non-hydrogen) atoms. The molecular formula is C14H16N2O3S2. The summed E-state index contributed by atoms with van der Waals surface area (Å²) in [5, 5.41) is 31.7. The molecule has 3 N–H and O–H groups in total. The van der Waals surface area contributed by atoms with E-state index >= 15 is 0 Å². The van der Waals surface area contributed by atoms with Gasteiger partial charge in [-0.1, -0.05) is 0 Å². The number of nitriles is 1. The second-order valence-corrected chi connectivity index (χ2v) is 7.43. The van der Waals surface area contributed by atoms with Gasteiger partial charge in [0.2, 0.25) is 5.91 Å². The standard InChI is InChI=1S/C14H16N2O3S2/c1-8(17)16-11-7-20-14(13(19)12(11)18)21-10-4-2-9(6-15)3-5-10/h2-5,11-14,18-19H,7H2,1H3,(H,16,17)/t11-,12-,13+,14-/m0/s1. The number of nitrogens with zero attached hydrogens (tertiary/aromatic N) is 1. The monoisotopic (exact) mass is 324 g/mol. The highest BCUT2D eigenvalue weighted by molar-refractivity contribution is 8.17. The molecule has 0 aliphatic carbocycles. The highest BCUT2D eigenvalue weighted by Gasteiger charge is 2.38. The molecule has 112 valence electrons. The molecular weight excluding hydrogens is 308 g/mol. The summed E-state index contributed by atoms with van der Waals surface area (Å²) in [6.45, 7) is 1.39. The number of carbonyl (C=O) groups excluding carboxylic acids is 1. The Kier molecular flexibility index (Phi) is 5.53. The highest BCUT2D eigenvalue weighted by Crippen LogP contribution is 2.38. The Bertz CT molecular complexity index is 544. The van der Waals surface area contributed by atoms with Gasteiger partial charge >= 0.3 is 0 Å². The number of amides is 1. The zero-order valence-corrected chi connectivity index (χ0v) is 13.0. The second-order valence-electron chi connectivity index (χ2n) is 4.74. The van der Waals surface area contributed by atoms with E-state index in [1.54, 1.807) is 12.1 Å². The zero-order chi connectivity index (χ0) is 15.4. The molecule has 0 saturated carbocycles. The molecule has 1 saturated heterocycles. The maximum Gasteiger partial charge on any atom is 0.217 e. The molecule has 7 heteroatoms. The number of aliphatic hydroxyl groups excluding tert-OH is 2. The summed E-state index contributed by atoms with van der Waals surface area (Å²) < 4.78 is -0.210. The van der Waals surface area contributed by atoms with Crippen LogP contribution in [0.25, 0.3) is 0 Å². The van der Waals surface area contributed by atoms with Gasteiger partial charge in [-0.3, -0.25) is 4.79 Å². The molecule has 1 aliphatic rings. The Morgan fingerprint density at radius 1 is 1.38 bits per heavy atom. The van der Waals surface area contributed by atoms with Crippen molar-refractivity contribution in [2.45, 2.75) is 34.7 Å². The van der Waals surface area contributed by atoms with E-state index in [9.17, 15) is 15.0 Å². The lowest BCUT2D eigenvalue weighted by Gasteiger charge is -2.36. The van der Waals surface area contributed by atoms with E-state index in [2.05, 4.69) is 11.4 Å². The normalized spacial score (nSPS) is 28.7. The van der Waals surface area contributed by atoms with E-state index < -0.39 is 18.2 Å². The van der Waals surface area contributed by atoms with E-state index in [1.807, 2.05) is 12.1 Å². The number of rotatable bonds is 3. The molecule has 1 fully saturated rings. The minimum absolute atomic E-state index is 0.210. The van der Waals surface area contributed by atoms with Crippen molar-refractivity contribution in [3.8, 4) is 6.07 Å². The van der Waals surface area contributed by atoms with Gasteiger partial charge in [-0.15, -0.1) is 23.5 Å². The summed E-state index contributed by atoms with van der Waals surface area (Å²) in [6.07, 6.45) is -1.91. The lowest BCUT2D eigenvalue weighted by atomic mass is 10.1. The molecule has 0 aromatic heterocycles. The first-order valence-corrected chi connectivity index (χ1v) is 8.36. The lowest BCUT2D eigenvalue weighted by Crippen LogP contribution is -2.55. The number of hydrogen-bond donors (Lipinski definition) is 3. The third-order valence-electron chi connectivity index (χ3n) is 3.11. The fraction of sp³-hybridized carbons (Fsp3) is 0.429. The topological polar surface area (TPSA) is 93.4 Å². The first kappa shape index (κ1) is 16.2. The smallest absolute Gasteiger partial charge is 0.217 e. The number of aliphatic hydroxyl groups is 2. The molecule has 0 radical (unpaired) electrons. The summed E-state index contributed by atoms with van der Waals surface area (Å²) >= 11 is 2.95. The van der Waals surface area contributed by atoms with Crippen molar-refractivity contribution in [1.29, 1.82) is 5.26 Å². The van der Waals surface area contributed by atoms with Gasteiger partial charge in [0.15, 0.2) is 0 Å². The fourth-order valence-corrected chi connectivity index (χ4v) is 4.77. The lowest BCUT2D eigenvalue weighted by molar-refractivity contribution is -0.121. The van der Waals surface area contributed by atoms with Crippen molar-refractivity contribution in [2.24, 2.45) is 0 Å². The summed E-state index contributed by atoms with van der Waals surface area (Å²) in [6, 6.07) is 8.71. The van der Waals surface area contributed by atoms with Crippen LogP contribution in [0.3, 0.4) is 0 Å². The summed E-state index contributed by atoms with van der Waals surface area (Å²) in [5.41, 5.74) is 0.585. The second kappa shape index (κ2) is 7.18. The van der Waals surface area contributed by atoms with E-state index in [0.717, 1.165) is 4.90 Å². The summed E-state index contributed by atoms with van der Waals surface area (Å²) in [7, 11) is 0. The Morgan fingerprint density at radius 3 is 2.62 bits per heavy atom. The first-order valence-electron chi connectivity index (χ1n) is 6.43. The average Bonchev–Trinajstić information content (AvgIpc) is 2.47. The number of thioether (sulfide) groups is 2. The van der Waals surface area contributed by atoms with Crippen molar-refractivity contribution in [2.75, 3.05) is 5.75 Å². The fourth-order valence-electron chi connectivity index (χ4n) is 2.03. The minimum atomic E-state index is -0.981. The van der Waals surface area contributed by atoms with Crippen LogP contribution in [0.2, 0.25) is 0 Å². The molecule has 0 spiro atoms. The molecule has 4 atom stereocenters. The molecule has 1 aliphatic heterocycles. The quantitative estimate of drug-likeness (QED) is 0.766.